The number of unbranched alkanes of at least 4 members (excludes halogenated alkanes) is 8. The second kappa shape index (κ2) is 13.9. The van der Waals surface area contributed by atoms with Crippen LogP contribution in [0.1, 0.15) is 96.5 Å². The third-order valence-electron chi connectivity index (χ3n) is 4.67. The zero-order chi connectivity index (χ0) is 16.9. The molecule has 134 valence electrons. The van der Waals surface area contributed by atoms with E-state index < -0.39 is 0 Å². The first-order chi connectivity index (χ1) is 11.2. The summed E-state index contributed by atoms with van der Waals surface area (Å²) in [6.07, 6.45) is 18.1. The Morgan fingerprint density at radius 1 is 0.826 bits per heavy atom. The van der Waals surface area contributed by atoms with Gasteiger partial charge in [-0.15, -0.1) is 11.3 Å². The van der Waals surface area contributed by atoms with Crippen LogP contribution in [0.2, 0.25) is 0 Å². The van der Waals surface area contributed by atoms with Gasteiger partial charge in [0.25, 0.3) is 0 Å². The number of hydrogen-bond donors (Lipinski definition) is 0. The molecule has 0 amide bonds. The highest BCUT2D eigenvalue weighted by atomic mass is 79.9. The highest BCUT2D eigenvalue weighted by molar-refractivity contribution is 9.12. The van der Waals surface area contributed by atoms with Crippen LogP contribution in [0.4, 0.5) is 0 Å². The Hall–Kier alpha value is 0.660. The molecule has 1 rings (SSSR count). The summed E-state index contributed by atoms with van der Waals surface area (Å²) in [5, 5.41) is 0. The molecular formula is C20H34Br2S. The highest BCUT2D eigenvalue weighted by Crippen LogP contribution is 2.35. The van der Waals surface area contributed by atoms with E-state index >= 15 is 0 Å². The van der Waals surface area contributed by atoms with Crippen molar-refractivity contribution in [2.24, 2.45) is 5.92 Å². The maximum absolute atomic E-state index is 3.74. The molecule has 0 N–H and O–H groups in total. The second-order valence-corrected chi connectivity index (χ2v) is 10.6. The van der Waals surface area contributed by atoms with Gasteiger partial charge in [0.1, 0.15) is 0 Å². The topological polar surface area (TPSA) is 0 Å². The minimum absolute atomic E-state index is 0.871. The van der Waals surface area contributed by atoms with Crippen molar-refractivity contribution in [1.82, 2.24) is 0 Å². The van der Waals surface area contributed by atoms with E-state index in [0.717, 1.165) is 5.92 Å². The average Bonchev–Trinajstić information content (AvgIpc) is 2.84. The molecule has 0 spiro atoms. The van der Waals surface area contributed by atoms with E-state index in [1.807, 2.05) is 11.3 Å². The van der Waals surface area contributed by atoms with Crippen molar-refractivity contribution in [3.8, 4) is 0 Å². The molecule has 0 bridgehead atoms. The molecule has 0 saturated carbocycles. The fourth-order valence-electron chi connectivity index (χ4n) is 3.25. The molecule has 1 heterocycles. The SMILES string of the molecule is CCCCCCCCC(CCCCCC)Cc1cc(Br)sc1Br. The molecule has 1 unspecified atom stereocenters. The van der Waals surface area contributed by atoms with Gasteiger partial charge in [-0.05, 0) is 55.8 Å². The van der Waals surface area contributed by atoms with Gasteiger partial charge in [0.15, 0.2) is 0 Å². The molecule has 0 aliphatic carbocycles. The Bertz CT molecular complexity index is 400. The molecule has 3 heteroatoms. The van der Waals surface area contributed by atoms with Gasteiger partial charge < -0.3 is 0 Å². The van der Waals surface area contributed by atoms with E-state index in [0.29, 0.717) is 0 Å². The van der Waals surface area contributed by atoms with Crippen LogP contribution in [0.3, 0.4) is 0 Å². The maximum Gasteiger partial charge on any atom is 0.0742 e. The molecule has 0 nitrogen and oxygen atoms in total. The molecule has 0 aliphatic heterocycles. The van der Waals surface area contributed by atoms with Crippen molar-refractivity contribution in [3.63, 3.8) is 0 Å². The van der Waals surface area contributed by atoms with Gasteiger partial charge in [-0.25, -0.2) is 0 Å². The van der Waals surface area contributed by atoms with E-state index in [1.165, 1.54) is 96.6 Å². The third kappa shape index (κ3) is 10.3. The normalized spacial score (nSPS) is 12.7. The summed E-state index contributed by atoms with van der Waals surface area (Å²) in [5.74, 6) is 0.871. The second-order valence-electron chi connectivity index (χ2n) is 6.83. The van der Waals surface area contributed by atoms with Gasteiger partial charge in [0.2, 0.25) is 0 Å². The first kappa shape index (κ1) is 21.7. The van der Waals surface area contributed by atoms with Crippen molar-refractivity contribution in [2.45, 2.75) is 97.3 Å². The molecule has 0 fully saturated rings. The summed E-state index contributed by atoms with van der Waals surface area (Å²) in [7, 11) is 0. The number of hydrogen-bond acceptors (Lipinski definition) is 1. The van der Waals surface area contributed by atoms with Crippen LogP contribution in [-0.2, 0) is 6.42 Å². The molecule has 1 aromatic heterocycles. The summed E-state index contributed by atoms with van der Waals surface area (Å²) in [6, 6.07) is 2.31. The van der Waals surface area contributed by atoms with Gasteiger partial charge in [-0.2, -0.15) is 0 Å². The number of thiophene rings is 1. The average molecular weight is 466 g/mol. The van der Waals surface area contributed by atoms with Crippen molar-refractivity contribution in [1.29, 1.82) is 0 Å². The van der Waals surface area contributed by atoms with Gasteiger partial charge in [0, 0.05) is 0 Å². The quantitative estimate of drug-likeness (QED) is 0.240. The maximum atomic E-state index is 3.74. The first-order valence-corrected chi connectivity index (χ1v) is 12.0. The number of rotatable bonds is 14. The van der Waals surface area contributed by atoms with Crippen LogP contribution in [0.5, 0.6) is 0 Å². The van der Waals surface area contributed by atoms with Crippen LogP contribution in [0.25, 0.3) is 0 Å². The van der Waals surface area contributed by atoms with Crippen LogP contribution >= 0.6 is 43.2 Å². The van der Waals surface area contributed by atoms with Gasteiger partial charge in [0.05, 0.1) is 7.57 Å². The zero-order valence-electron chi connectivity index (χ0n) is 15.0. The smallest absolute Gasteiger partial charge is 0.0742 e. The molecule has 1 aromatic rings. The number of halogens is 2. The lowest BCUT2D eigenvalue weighted by Crippen LogP contribution is -2.05. The van der Waals surface area contributed by atoms with Crippen molar-refractivity contribution >= 4 is 43.2 Å². The van der Waals surface area contributed by atoms with Gasteiger partial charge >= 0.3 is 0 Å². The van der Waals surface area contributed by atoms with Crippen LogP contribution in [0.15, 0.2) is 13.6 Å². The highest BCUT2D eigenvalue weighted by Gasteiger charge is 2.13. The fraction of sp³-hybridized carbons (Fsp3) is 0.800. The fourth-order valence-corrected chi connectivity index (χ4v) is 6.10. The lowest BCUT2D eigenvalue weighted by atomic mass is 9.89. The summed E-state index contributed by atoms with van der Waals surface area (Å²) in [5.41, 5.74) is 1.51. The Morgan fingerprint density at radius 2 is 1.35 bits per heavy atom. The Labute approximate surface area is 165 Å². The van der Waals surface area contributed by atoms with Crippen LogP contribution in [-0.4, -0.2) is 0 Å². The third-order valence-corrected chi connectivity index (χ3v) is 7.13. The lowest BCUT2D eigenvalue weighted by Gasteiger charge is -2.17. The Morgan fingerprint density at radius 3 is 1.87 bits per heavy atom. The predicted molar refractivity (Wildman–Crippen MR) is 114 cm³/mol. The molecule has 0 saturated heterocycles. The molecule has 23 heavy (non-hydrogen) atoms. The van der Waals surface area contributed by atoms with E-state index in [9.17, 15) is 0 Å². The summed E-state index contributed by atoms with van der Waals surface area (Å²) >= 11 is 9.17. The lowest BCUT2D eigenvalue weighted by molar-refractivity contribution is 0.402. The monoisotopic (exact) mass is 464 g/mol. The van der Waals surface area contributed by atoms with E-state index in [1.54, 1.807) is 0 Å². The standard InChI is InChI=1S/C20H34Br2S/c1-3-5-7-9-10-12-14-17(13-11-8-6-4-2)15-18-16-19(21)23-20(18)22/h16-17H,3-15H2,1-2H3. The van der Waals surface area contributed by atoms with E-state index in [4.69, 9.17) is 0 Å². The Kier molecular flexibility index (Phi) is 13.1. The Balaban J connectivity index is 2.37. The molecule has 0 aromatic carbocycles. The van der Waals surface area contributed by atoms with Crippen molar-refractivity contribution < 1.29 is 0 Å². The summed E-state index contributed by atoms with van der Waals surface area (Å²) < 4.78 is 2.58. The molecular weight excluding hydrogens is 432 g/mol. The van der Waals surface area contributed by atoms with Gasteiger partial charge in [-0.3, -0.25) is 0 Å². The summed E-state index contributed by atoms with van der Waals surface area (Å²) in [6.45, 7) is 4.59. The minimum atomic E-state index is 0.871. The molecule has 0 radical (unpaired) electrons. The first-order valence-electron chi connectivity index (χ1n) is 9.61. The summed E-state index contributed by atoms with van der Waals surface area (Å²) in [4.78, 5) is 0. The van der Waals surface area contributed by atoms with E-state index in [-0.39, 0.29) is 0 Å². The van der Waals surface area contributed by atoms with Gasteiger partial charge in [-0.1, -0.05) is 90.9 Å². The zero-order valence-corrected chi connectivity index (χ0v) is 19.0. The predicted octanol–water partition coefficient (Wildman–Crippen LogP) is 9.15. The van der Waals surface area contributed by atoms with E-state index in [2.05, 4.69) is 51.8 Å². The van der Waals surface area contributed by atoms with Crippen molar-refractivity contribution in [2.75, 3.05) is 0 Å². The van der Waals surface area contributed by atoms with Crippen LogP contribution < -0.4 is 0 Å². The molecule has 1 atom stereocenters. The van der Waals surface area contributed by atoms with Crippen molar-refractivity contribution in [3.05, 3.63) is 19.2 Å². The minimum Gasteiger partial charge on any atom is -0.121 e. The molecule has 0 aliphatic rings. The largest absolute Gasteiger partial charge is 0.121 e. The van der Waals surface area contributed by atoms with Crippen LogP contribution in [0, 0.1) is 5.92 Å².